The number of hydrogen-bond donors (Lipinski definition) is 0. The van der Waals surface area contributed by atoms with Crippen LogP contribution in [0.4, 0.5) is 0 Å². The molecule has 1 fully saturated rings. The molecule has 0 aliphatic carbocycles. The largest absolute Gasteiger partial charge is 0.466 e. The molecule has 0 bridgehead atoms. The minimum atomic E-state index is -0.463. The zero-order chi connectivity index (χ0) is 24.9. The van der Waals surface area contributed by atoms with Crippen molar-refractivity contribution in [2.45, 2.75) is 43.5 Å². The number of para-hydroxylation sites is 1. The number of carbonyl (C=O) groups excluding carboxylic acids is 2. The van der Waals surface area contributed by atoms with Gasteiger partial charge >= 0.3 is 5.97 Å². The summed E-state index contributed by atoms with van der Waals surface area (Å²) in [6.45, 7) is 4.99. The Balaban J connectivity index is 1.68. The number of likely N-dealkylation sites (tertiary alicyclic amines) is 1. The highest BCUT2D eigenvalue weighted by atomic mass is 35.5. The van der Waals surface area contributed by atoms with Crippen molar-refractivity contribution in [3.63, 3.8) is 0 Å². The van der Waals surface area contributed by atoms with Gasteiger partial charge < -0.3 is 9.64 Å². The number of halogens is 1. The first-order valence-electron chi connectivity index (χ1n) is 11.8. The first kappa shape index (κ1) is 25.3. The summed E-state index contributed by atoms with van der Waals surface area (Å²) >= 11 is 7.49. The zero-order valence-electron chi connectivity index (χ0n) is 19.8. The maximum Gasteiger partial charge on any atom is 0.310 e. The Hall–Kier alpha value is -2.84. The third-order valence-corrected chi connectivity index (χ3v) is 7.60. The second-order valence-corrected chi connectivity index (χ2v) is 10.0. The average molecular weight is 514 g/mol. The van der Waals surface area contributed by atoms with E-state index in [2.05, 4.69) is 0 Å². The highest BCUT2D eigenvalue weighted by Crippen LogP contribution is 2.30. The second kappa shape index (κ2) is 11.3. The fraction of sp³-hybridized carbons (Fsp3) is 0.385. The number of rotatable bonds is 7. The van der Waals surface area contributed by atoms with Crippen LogP contribution in [-0.4, -0.2) is 51.3 Å². The Kier molecular flexibility index (Phi) is 8.13. The smallest absolute Gasteiger partial charge is 0.310 e. The molecule has 1 aliphatic heterocycles. The van der Waals surface area contributed by atoms with Crippen LogP contribution in [0.1, 0.15) is 33.1 Å². The van der Waals surface area contributed by atoms with Gasteiger partial charge in [-0.15, -0.1) is 0 Å². The van der Waals surface area contributed by atoms with Crippen LogP contribution in [0.2, 0.25) is 5.02 Å². The van der Waals surface area contributed by atoms with Crippen LogP contribution in [0.25, 0.3) is 16.6 Å². The Morgan fingerprint density at radius 1 is 1.20 bits per heavy atom. The van der Waals surface area contributed by atoms with Crippen molar-refractivity contribution in [1.29, 1.82) is 0 Å². The van der Waals surface area contributed by atoms with Gasteiger partial charge in [-0.1, -0.05) is 48.5 Å². The maximum atomic E-state index is 13.5. The molecule has 2 unspecified atom stereocenters. The van der Waals surface area contributed by atoms with E-state index in [4.69, 9.17) is 21.3 Å². The molecular formula is C26H28ClN3O4S. The maximum absolute atomic E-state index is 13.5. The van der Waals surface area contributed by atoms with Gasteiger partial charge in [0.1, 0.15) is 0 Å². The molecule has 4 rings (SSSR count). The van der Waals surface area contributed by atoms with E-state index < -0.39 is 5.25 Å². The highest BCUT2D eigenvalue weighted by Gasteiger charge is 2.33. The van der Waals surface area contributed by atoms with Gasteiger partial charge in [0.25, 0.3) is 5.56 Å². The topological polar surface area (TPSA) is 81.5 Å². The van der Waals surface area contributed by atoms with Gasteiger partial charge in [0.2, 0.25) is 5.91 Å². The minimum absolute atomic E-state index is 0.0634. The summed E-state index contributed by atoms with van der Waals surface area (Å²) in [5, 5.41) is 0.953. The van der Waals surface area contributed by atoms with Crippen LogP contribution < -0.4 is 5.56 Å². The first-order valence-corrected chi connectivity index (χ1v) is 13.1. The van der Waals surface area contributed by atoms with Gasteiger partial charge in [-0.3, -0.25) is 19.0 Å². The number of aromatic nitrogens is 2. The number of piperidine rings is 1. The van der Waals surface area contributed by atoms with E-state index in [0.717, 1.165) is 6.42 Å². The van der Waals surface area contributed by atoms with Crippen molar-refractivity contribution < 1.29 is 14.3 Å². The molecule has 2 aromatic carbocycles. The fourth-order valence-electron chi connectivity index (χ4n) is 4.30. The molecule has 3 aromatic rings. The molecule has 184 valence electrons. The SMILES string of the molecule is CCOC(=O)C1CCCN(C(=O)C(CC)Sc2nc3ccccc3c(=O)n2-c2cccc(Cl)c2)C1. The van der Waals surface area contributed by atoms with Crippen molar-refractivity contribution in [3.05, 3.63) is 63.9 Å². The monoisotopic (exact) mass is 513 g/mol. The van der Waals surface area contributed by atoms with Crippen LogP contribution in [0, 0.1) is 5.92 Å². The lowest BCUT2D eigenvalue weighted by Gasteiger charge is -2.33. The molecule has 1 saturated heterocycles. The molecule has 1 amide bonds. The number of ether oxygens (including phenoxy) is 1. The number of hydrogen-bond acceptors (Lipinski definition) is 6. The summed E-state index contributed by atoms with van der Waals surface area (Å²) < 4.78 is 6.70. The lowest BCUT2D eigenvalue weighted by atomic mass is 9.98. The summed E-state index contributed by atoms with van der Waals surface area (Å²) in [4.78, 5) is 45.8. The van der Waals surface area contributed by atoms with Crippen molar-refractivity contribution in [1.82, 2.24) is 14.5 Å². The zero-order valence-corrected chi connectivity index (χ0v) is 21.3. The van der Waals surface area contributed by atoms with Gasteiger partial charge in [-0.25, -0.2) is 4.98 Å². The van der Waals surface area contributed by atoms with E-state index in [1.807, 2.05) is 13.0 Å². The molecule has 7 nitrogen and oxygen atoms in total. The standard InChI is InChI=1S/C26H28ClN3O4S/c1-3-22(24(32)29-14-8-9-17(16-29)25(33)34-4-2)35-26-28-21-13-6-5-12-20(21)23(31)30(26)19-11-7-10-18(27)15-19/h5-7,10-13,15,17,22H,3-4,8-9,14,16H2,1-2H3. The molecular weight excluding hydrogens is 486 g/mol. The number of thioether (sulfide) groups is 1. The van der Waals surface area contributed by atoms with Crippen LogP contribution in [0.5, 0.6) is 0 Å². The van der Waals surface area contributed by atoms with E-state index in [1.165, 1.54) is 16.3 Å². The molecule has 0 radical (unpaired) electrons. The molecule has 2 heterocycles. The average Bonchev–Trinajstić information content (AvgIpc) is 2.87. The summed E-state index contributed by atoms with van der Waals surface area (Å²) in [6.07, 6.45) is 2.01. The summed E-state index contributed by atoms with van der Waals surface area (Å²) in [7, 11) is 0. The summed E-state index contributed by atoms with van der Waals surface area (Å²) in [5.74, 6) is -0.623. The lowest BCUT2D eigenvalue weighted by molar-refractivity contribution is -0.151. The molecule has 0 saturated carbocycles. The molecule has 0 N–H and O–H groups in total. The van der Waals surface area contributed by atoms with E-state index in [-0.39, 0.29) is 23.4 Å². The van der Waals surface area contributed by atoms with Gasteiger partial charge in [0, 0.05) is 18.1 Å². The highest BCUT2D eigenvalue weighted by molar-refractivity contribution is 8.00. The number of benzene rings is 2. The predicted octanol–water partition coefficient (Wildman–Crippen LogP) is 4.71. The normalized spacial score (nSPS) is 16.8. The van der Waals surface area contributed by atoms with E-state index in [0.29, 0.717) is 59.3 Å². The summed E-state index contributed by atoms with van der Waals surface area (Å²) in [5.41, 5.74) is 0.940. The fourth-order valence-corrected chi connectivity index (χ4v) is 5.60. The lowest BCUT2D eigenvalue weighted by Crippen LogP contribution is -2.46. The third-order valence-electron chi connectivity index (χ3n) is 6.06. The predicted molar refractivity (Wildman–Crippen MR) is 138 cm³/mol. The van der Waals surface area contributed by atoms with E-state index >= 15 is 0 Å². The Labute approximate surface area is 213 Å². The molecule has 1 aliphatic rings. The molecule has 1 aromatic heterocycles. The van der Waals surface area contributed by atoms with Gasteiger partial charge in [-0.2, -0.15) is 0 Å². The van der Waals surface area contributed by atoms with Crippen molar-refractivity contribution in [2.75, 3.05) is 19.7 Å². The van der Waals surface area contributed by atoms with Crippen LogP contribution >= 0.6 is 23.4 Å². The molecule has 2 atom stereocenters. The third kappa shape index (κ3) is 5.54. The second-order valence-electron chi connectivity index (χ2n) is 8.42. The van der Waals surface area contributed by atoms with Crippen LogP contribution in [0.15, 0.2) is 58.5 Å². The molecule has 35 heavy (non-hydrogen) atoms. The van der Waals surface area contributed by atoms with Crippen molar-refractivity contribution in [2.24, 2.45) is 5.92 Å². The first-order chi connectivity index (χ1) is 16.9. The van der Waals surface area contributed by atoms with Crippen molar-refractivity contribution >= 4 is 46.1 Å². The quantitative estimate of drug-likeness (QED) is 0.258. The number of carbonyl (C=O) groups is 2. The minimum Gasteiger partial charge on any atom is -0.466 e. The molecule has 0 spiro atoms. The number of esters is 1. The van der Waals surface area contributed by atoms with E-state index in [1.54, 1.807) is 54.3 Å². The number of fused-ring (bicyclic) bond motifs is 1. The van der Waals surface area contributed by atoms with Gasteiger partial charge in [-0.05, 0) is 56.5 Å². The van der Waals surface area contributed by atoms with Crippen molar-refractivity contribution in [3.8, 4) is 5.69 Å². The number of amides is 1. The van der Waals surface area contributed by atoms with Crippen LogP contribution in [-0.2, 0) is 14.3 Å². The summed E-state index contributed by atoms with van der Waals surface area (Å²) in [6, 6.07) is 14.2. The van der Waals surface area contributed by atoms with Gasteiger partial charge in [0.05, 0.1) is 34.4 Å². The Bertz CT molecular complexity index is 1300. The Morgan fingerprint density at radius 3 is 2.74 bits per heavy atom. The van der Waals surface area contributed by atoms with Crippen LogP contribution in [0.3, 0.4) is 0 Å². The number of nitrogens with zero attached hydrogens (tertiary/aromatic N) is 3. The Morgan fingerprint density at radius 2 is 2.00 bits per heavy atom. The molecule has 9 heteroatoms. The van der Waals surface area contributed by atoms with Gasteiger partial charge in [0.15, 0.2) is 5.16 Å². The van der Waals surface area contributed by atoms with E-state index in [9.17, 15) is 14.4 Å².